The topological polar surface area (TPSA) is 55.9 Å². The smallest absolute Gasteiger partial charge is 0.317 e. The molecule has 1 aromatic rings. The molecule has 0 aromatic heterocycles. The number of hydrogen-bond donors (Lipinski definition) is 1. The normalized spacial score (nSPS) is 15.1. The van der Waals surface area contributed by atoms with E-state index >= 15 is 0 Å². The summed E-state index contributed by atoms with van der Waals surface area (Å²) in [5, 5.41) is 3.03. The minimum absolute atomic E-state index is 0.0120. The molecule has 0 saturated carbocycles. The van der Waals surface area contributed by atoms with Gasteiger partial charge in [0.1, 0.15) is 0 Å². The maximum Gasteiger partial charge on any atom is 0.317 e. The highest BCUT2D eigenvalue weighted by atomic mass is 16.2. The van der Waals surface area contributed by atoms with E-state index in [1.54, 1.807) is 0 Å². The molecule has 2 rings (SSSR count). The highest BCUT2D eigenvalue weighted by molar-refractivity contribution is 5.94. The largest absolute Gasteiger partial charge is 0.338 e. The molecule has 1 aliphatic rings. The van der Waals surface area contributed by atoms with E-state index < -0.39 is 0 Å². The van der Waals surface area contributed by atoms with Gasteiger partial charge in [-0.25, -0.2) is 4.79 Å². The molecule has 0 spiro atoms. The van der Waals surface area contributed by atoms with Gasteiger partial charge < -0.3 is 20.0 Å². The molecule has 0 radical (unpaired) electrons. The highest BCUT2D eigenvalue weighted by Crippen LogP contribution is 2.11. The number of nitrogens with one attached hydrogen (secondary N) is 1. The SMILES string of the molecule is Cc1cccc(C(=O)N2CCCN(C(=O)NCCCCN(C)C(C)C)CC2)c1. The average molecular weight is 389 g/mol. The second-order valence-corrected chi connectivity index (χ2v) is 8.02. The molecule has 1 fully saturated rings. The predicted octanol–water partition coefficient (Wildman–Crippen LogP) is 2.97. The number of unbranched alkanes of at least 4 members (excludes halogenated alkanes) is 1. The van der Waals surface area contributed by atoms with E-state index in [-0.39, 0.29) is 11.9 Å². The van der Waals surface area contributed by atoms with Crippen LogP contribution in [-0.4, -0.2) is 79.0 Å². The molecule has 1 heterocycles. The zero-order valence-electron chi connectivity index (χ0n) is 17.9. The first kappa shape index (κ1) is 22.2. The Labute approximate surface area is 169 Å². The molecular formula is C22H36N4O2. The Morgan fingerprint density at radius 2 is 1.82 bits per heavy atom. The lowest BCUT2D eigenvalue weighted by atomic mass is 10.1. The quantitative estimate of drug-likeness (QED) is 0.731. The van der Waals surface area contributed by atoms with Crippen molar-refractivity contribution in [3.8, 4) is 0 Å². The molecule has 1 aliphatic heterocycles. The van der Waals surface area contributed by atoms with Gasteiger partial charge in [-0.05, 0) is 65.8 Å². The number of urea groups is 1. The first-order valence-electron chi connectivity index (χ1n) is 10.5. The molecule has 0 unspecified atom stereocenters. The third kappa shape index (κ3) is 6.82. The van der Waals surface area contributed by atoms with E-state index in [9.17, 15) is 9.59 Å². The van der Waals surface area contributed by atoms with Crippen LogP contribution in [0.15, 0.2) is 24.3 Å². The van der Waals surface area contributed by atoms with Gasteiger partial charge in [-0.3, -0.25) is 4.79 Å². The fraction of sp³-hybridized carbons (Fsp3) is 0.636. The van der Waals surface area contributed by atoms with Crippen LogP contribution in [0.3, 0.4) is 0 Å². The molecule has 1 aromatic carbocycles. The van der Waals surface area contributed by atoms with Crippen molar-refractivity contribution in [2.24, 2.45) is 0 Å². The summed E-state index contributed by atoms with van der Waals surface area (Å²) in [4.78, 5) is 31.2. The number of amides is 3. The van der Waals surface area contributed by atoms with Gasteiger partial charge in [-0.1, -0.05) is 17.7 Å². The maximum absolute atomic E-state index is 12.7. The second-order valence-electron chi connectivity index (χ2n) is 8.02. The number of rotatable bonds is 7. The molecule has 1 N–H and O–H groups in total. The van der Waals surface area contributed by atoms with E-state index in [1.165, 1.54) is 0 Å². The molecule has 1 saturated heterocycles. The van der Waals surface area contributed by atoms with Crippen LogP contribution in [0.5, 0.6) is 0 Å². The lowest BCUT2D eigenvalue weighted by Gasteiger charge is -2.23. The zero-order chi connectivity index (χ0) is 20.5. The molecule has 0 atom stereocenters. The van der Waals surface area contributed by atoms with Gasteiger partial charge in [-0.2, -0.15) is 0 Å². The third-order valence-corrected chi connectivity index (χ3v) is 5.43. The minimum atomic E-state index is -0.0120. The molecule has 3 amide bonds. The second kappa shape index (κ2) is 11.1. The van der Waals surface area contributed by atoms with Crippen molar-refractivity contribution < 1.29 is 9.59 Å². The summed E-state index contributed by atoms with van der Waals surface area (Å²) < 4.78 is 0. The van der Waals surface area contributed by atoms with Crippen LogP contribution in [0.1, 0.15) is 49.0 Å². The highest BCUT2D eigenvalue weighted by Gasteiger charge is 2.22. The van der Waals surface area contributed by atoms with Crippen LogP contribution >= 0.6 is 0 Å². The summed E-state index contributed by atoms with van der Waals surface area (Å²) in [5.74, 6) is 0.0558. The van der Waals surface area contributed by atoms with Gasteiger partial charge in [0, 0.05) is 44.3 Å². The standard InChI is InChI=1S/C22H36N4O2/c1-18(2)24(4)12-6-5-11-23-22(28)26-14-8-13-25(15-16-26)21(27)20-10-7-9-19(3)17-20/h7,9-10,17-18H,5-6,8,11-16H2,1-4H3,(H,23,28). The van der Waals surface area contributed by atoms with Crippen LogP contribution in [0.2, 0.25) is 0 Å². The molecule has 0 bridgehead atoms. The van der Waals surface area contributed by atoms with E-state index in [0.717, 1.165) is 36.9 Å². The average Bonchev–Trinajstić information content (AvgIpc) is 2.93. The summed E-state index contributed by atoms with van der Waals surface area (Å²) in [6.45, 7) is 10.7. The first-order chi connectivity index (χ1) is 13.4. The van der Waals surface area contributed by atoms with Gasteiger partial charge in [-0.15, -0.1) is 0 Å². The predicted molar refractivity (Wildman–Crippen MR) is 114 cm³/mol. The van der Waals surface area contributed by atoms with Crippen LogP contribution in [0, 0.1) is 6.92 Å². The monoisotopic (exact) mass is 388 g/mol. The molecule has 28 heavy (non-hydrogen) atoms. The van der Waals surface area contributed by atoms with Gasteiger partial charge in [0.25, 0.3) is 5.91 Å². The molecule has 6 nitrogen and oxygen atoms in total. The number of carbonyl (C=O) groups excluding carboxylic acids is 2. The van der Waals surface area contributed by atoms with Crippen molar-refractivity contribution in [2.45, 2.75) is 46.1 Å². The van der Waals surface area contributed by atoms with Crippen LogP contribution < -0.4 is 5.32 Å². The van der Waals surface area contributed by atoms with E-state index in [0.29, 0.717) is 38.8 Å². The van der Waals surface area contributed by atoms with Crippen LogP contribution in [0.25, 0.3) is 0 Å². The maximum atomic E-state index is 12.7. The minimum Gasteiger partial charge on any atom is -0.338 e. The Hall–Kier alpha value is -2.08. The van der Waals surface area contributed by atoms with Crippen molar-refractivity contribution in [3.63, 3.8) is 0 Å². The number of hydrogen-bond acceptors (Lipinski definition) is 3. The Bertz CT molecular complexity index is 647. The van der Waals surface area contributed by atoms with Crippen molar-refractivity contribution in [2.75, 3.05) is 46.3 Å². The lowest BCUT2D eigenvalue weighted by molar-refractivity contribution is 0.0762. The fourth-order valence-corrected chi connectivity index (χ4v) is 3.34. The first-order valence-corrected chi connectivity index (χ1v) is 10.5. The number of carbonyl (C=O) groups is 2. The molecular weight excluding hydrogens is 352 g/mol. The molecule has 6 heteroatoms. The lowest BCUT2D eigenvalue weighted by Crippen LogP contribution is -2.43. The Morgan fingerprint density at radius 3 is 2.54 bits per heavy atom. The fourth-order valence-electron chi connectivity index (χ4n) is 3.34. The molecule has 156 valence electrons. The Morgan fingerprint density at radius 1 is 1.11 bits per heavy atom. The summed E-state index contributed by atoms with van der Waals surface area (Å²) in [7, 11) is 2.13. The van der Waals surface area contributed by atoms with Crippen molar-refractivity contribution in [3.05, 3.63) is 35.4 Å². The molecule has 0 aliphatic carbocycles. The third-order valence-electron chi connectivity index (χ3n) is 5.43. The van der Waals surface area contributed by atoms with Crippen LogP contribution in [0.4, 0.5) is 4.79 Å². The van der Waals surface area contributed by atoms with Crippen molar-refractivity contribution in [1.29, 1.82) is 0 Å². The van der Waals surface area contributed by atoms with E-state index in [1.807, 2.05) is 41.0 Å². The van der Waals surface area contributed by atoms with Crippen LogP contribution in [-0.2, 0) is 0 Å². The Balaban J connectivity index is 1.73. The number of benzene rings is 1. The van der Waals surface area contributed by atoms with Crippen molar-refractivity contribution in [1.82, 2.24) is 20.0 Å². The summed E-state index contributed by atoms with van der Waals surface area (Å²) in [5.41, 5.74) is 1.81. The number of aryl methyl sites for hydroxylation is 1. The van der Waals surface area contributed by atoms with Gasteiger partial charge in [0.2, 0.25) is 0 Å². The number of nitrogens with zero attached hydrogens (tertiary/aromatic N) is 3. The van der Waals surface area contributed by atoms with E-state index in [4.69, 9.17) is 0 Å². The summed E-state index contributed by atoms with van der Waals surface area (Å²) in [6.07, 6.45) is 2.87. The van der Waals surface area contributed by atoms with Gasteiger partial charge in [0.05, 0.1) is 0 Å². The summed E-state index contributed by atoms with van der Waals surface area (Å²) in [6, 6.07) is 8.24. The van der Waals surface area contributed by atoms with Crippen molar-refractivity contribution >= 4 is 11.9 Å². The zero-order valence-corrected chi connectivity index (χ0v) is 17.9. The summed E-state index contributed by atoms with van der Waals surface area (Å²) >= 11 is 0. The van der Waals surface area contributed by atoms with E-state index in [2.05, 4.69) is 31.1 Å². The van der Waals surface area contributed by atoms with Gasteiger partial charge >= 0.3 is 6.03 Å². The van der Waals surface area contributed by atoms with Gasteiger partial charge in [0.15, 0.2) is 0 Å². The Kier molecular flexibility index (Phi) is 8.77.